The van der Waals surface area contributed by atoms with E-state index in [1.807, 2.05) is 63.4 Å². The predicted molar refractivity (Wildman–Crippen MR) is 104 cm³/mol. The molecule has 2 aromatic rings. The summed E-state index contributed by atoms with van der Waals surface area (Å²) in [6.45, 7) is 4.54. The van der Waals surface area contributed by atoms with Crippen LogP contribution in [0.4, 0.5) is 5.82 Å². The molecule has 2 rings (SSSR count). The van der Waals surface area contributed by atoms with Crippen LogP contribution in [0.25, 0.3) is 0 Å². The van der Waals surface area contributed by atoms with Gasteiger partial charge >= 0.3 is 5.97 Å². The molecule has 0 aliphatic carbocycles. The zero-order chi connectivity index (χ0) is 19.4. The number of carbonyl (C=O) groups is 1. The SMILES string of the molecule is CC.CNc1cccc(CCOc2ccc(CC(N)C(=O)OC)cc2)n1. The lowest BCUT2D eigenvalue weighted by molar-refractivity contribution is -0.142. The molecule has 0 aliphatic heterocycles. The summed E-state index contributed by atoms with van der Waals surface area (Å²) >= 11 is 0. The fraction of sp³-hybridized carbons (Fsp3) is 0.400. The summed E-state index contributed by atoms with van der Waals surface area (Å²) in [6, 6.07) is 12.8. The number of nitrogens with zero attached hydrogens (tertiary/aromatic N) is 1. The second-order valence-electron chi connectivity index (χ2n) is 5.34. The van der Waals surface area contributed by atoms with E-state index in [0.29, 0.717) is 13.0 Å². The number of nitrogens with one attached hydrogen (secondary N) is 1. The van der Waals surface area contributed by atoms with Crippen molar-refractivity contribution in [3.63, 3.8) is 0 Å². The van der Waals surface area contributed by atoms with Crippen LogP contribution in [0.5, 0.6) is 5.75 Å². The van der Waals surface area contributed by atoms with Crippen molar-refractivity contribution in [2.75, 3.05) is 26.1 Å². The highest BCUT2D eigenvalue weighted by molar-refractivity contribution is 5.75. The van der Waals surface area contributed by atoms with Crippen LogP contribution in [-0.2, 0) is 22.4 Å². The Hall–Kier alpha value is -2.60. The average molecular weight is 359 g/mol. The highest BCUT2D eigenvalue weighted by Gasteiger charge is 2.14. The molecule has 0 aliphatic rings. The standard InChI is InChI=1S/C18H23N3O3.C2H6/c1-20-17-5-3-4-14(21-17)10-11-24-15-8-6-13(7-9-15)12-16(19)18(22)23-2;1-2/h3-9,16H,10-12,19H2,1-2H3,(H,20,21);1-2H3. The Balaban J connectivity index is 0.00000163. The van der Waals surface area contributed by atoms with E-state index in [1.54, 1.807) is 0 Å². The fourth-order valence-electron chi connectivity index (χ4n) is 2.24. The number of hydrogen-bond donors (Lipinski definition) is 2. The summed E-state index contributed by atoms with van der Waals surface area (Å²) in [5, 5.41) is 3.01. The molecule has 1 aromatic carbocycles. The van der Waals surface area contributed by atoms with E-state index in [2.05, 4.69) is 15.0 Å². The summed E-state index contributed by atoms with van der Waals surface area (Å²) in [5.41, 5.74) is 7.68. The van der Waals surface area contributed by atoms with Crippen LogP contribution in [0.1, 0.15) is 25.1 Å². The van der Waals surface area contributed by atoms with Crippen molar-refractivity contribution in [3.05, 3.63) is 53.7 Å². The lowest BCUT2D eigenvalue weighted by Gasteiger charge is -2.10. The van der Waals surface area contributed by atoms with Crippen molar-refractivity contribution < 1.29 is 14.3 Å². The number of anilines is 1. The molecular weight excluding hydrogens is 330 g/mol. The third kappa shape index (κ3) is 7.11. The molecule has 3 N–H and O–H groups in total. The maximum atomic E-state index is 11.3. The molecule has 0 saturated carbocycles. The third-order valence-electron chi connectivity index (χ3n) is 3.57. The van der Waals surface area contributed by atoms with Gasteiger partial charge in [-0.1, -0.05) is 32.0 Å². The number of esters is 1. The van der Waals surface area contributed by atoms with Gasteiger partial charge in [-0.05, 0) is 36.2 Å². The molecule has 1 atom stereocenters. The van der Waals surface area contributed by atoms with Gasteiger partial charge in [-0.25, -0.2) is 4.98 Å². The minimum absolute atomic E-state index is 0.411. The van der Waals surface area contributed by atoms with E-state index in [-0.39, 0.29) is 0 Å². The van der Waals surface area contributed by atoms with Crippen molar-refractivity contribution in [2.45, 2.75) is 32.7 Å². The minimum Gasteiger partial charge on any atom is -0.493 e. The first-order chi connectivity index (χ1) is 12.6. The Morgan fingerprint density at radius 2 is 1.88 bits per heavy atom. The number of benzene rings is 1. The molecule has 1 unspecified atom stereocenters. The van der Waals surface area contributed by atoms with Crippen LogP contribution in [0, 0.1) is 0 Å². The highest BCUT2D eigenvalue weighted by Crippen LogP contribution is 2.14. The topological polar surface area (TPSA) is 86.5 Å². The van der Waals surface area contributed by atoms with Gasteiger partial charge in [-0.2, -0.15) is 0 Å². The number of aromatic nitrogens is 1. The molecule has 6 heteroatoms. The second-order valence-corrected chi connectivity index (χ2v) is 5.34. The van der Waals surface area contributed by atoms with Gasteiger partial charge < -0.3 is 20.5 Å². The van der Waals surface area contributed by atoms with Gasteiger partial charge in [0.1, 0.15) is 17.6 Å². The van der Waals surface area contributed by atoms with E-state index in [1.165, 1.54) is 7.11 Å². The van der Waals surface area contributed by atoms with Gasteiger partial charge in [-0.3, -0.25) is 4.79 Å². The summed E-state index contributed by atoms with van der Waals surface area (Å²) < 4.78 is 10.3. The fourth-order valence-corrected chi connectivity index (χ4v) is 2.24. The summed E-state index contributed by atoms with van der Waals surface area (Å²) in [6.07, 6.45) is 1.16. The van der Waals surface area contributed by atoms with Gasteiger partial charge in [-0.15, -0.1) is 0 Å². The zero-order valence-electron chi connectivity index (χ0n) is 16.0. The summed E-state index contributed by atoms with van der Waals surface area (Å²) in [7, 11) is 3.18. The smallest absolute Gasteiger partial charge is 0.322 e. The second kappa shape index (κ2) is 11.9. The van der Waals surface area contributed by atoms with E-state index in [9.17, 15) is 4.79 Å². The lowest BCUT2D eigenvalue weighted by atomic mass is 10.1. The summed E-state index contributed by atoms with van der Waals surface area (Å²) in [5.74, 6) is 1.21. The van der Waals surface area contributed by atoms with E-state index in [0.717, 1.165) is 29.2 Å². The molecule has 0 radical (unpaired) electrons. The molecule has 26 heavy (non-hydrogen) atoms. The molecule has 6 nitrogen and oxygen atoms in total. The number of rotatable bonds is 8. The van der Waals surface area contributed by atoms with E-state index >= 15 is 0 Å². The molecule has 0 spiro atoms. The van der Waals surface area contributed by atoms with Crippen molar-refractivity contribution in [3.8, 4) is 5.75 Å². The number of ether oxygens (including phenoxy) is 2. The van der Waals surface area contributed by atoms with Gasteiger partial charge in [0.2, 0.25) is 0 Å². The molecule has 142 valence electrons. The first-order valence-corrected chi connectivity index (χ1v) is 8.81. The number of methoxy groups -OCH3 is 1. The quantitative estimate of drug-likeness (QED) is 0.705. The van der Waals surface area contributed by atoms with Crippen LogP contribution in [0.15, 0.2) is 42.5 Å². The lowest BCUT2D eigenvalue weighted by Crippen LogP contribution is -2.33. The van der Waals surface area contributed by atoms with Crippen LogP contribution in [0.2, 0.25) is 0 Å². The monoisotopic (exact) mass is 359 g/mol. The molecule has 0 fully saturated rings. The average Bonchev–Trinajstić information content (AvgIpc) is 2.70. The Bertz CT molecular complexity index is 660. The molecule has 1 heterocycles. The maximum Gasteiger partial charge on any atom is 0.322 e. The van der Waals surface area contributed by atoms with Crippen molar-refractivity contribution in [1.29, 1.82) is 0 Å². The van der Waals surface area contributed by atoms with Gasteiger partial charge in [0, 0.05) is 19.2 Å². The molecule has 0 amide bonds. The Kier molecular flexibility index (Phi) is 9.79. The van der Waals surface area contributed by atoms with E-state index in [4.69, 9.17) is 10.5 Å². The highest BCUT2D eigenvalue weighted by atomic mass is 16.5. The van der Waals surface area contributed by atoms with Gasteiger partial charge in [0.15, 0.2) is 0 Å². The summed E-state index contributed by atoms with van der Waals surface area (Å²) in [4.78, 5) is 15.8. The molecule has 0 saturated heterocycles. The van der Waals surface area contributed by atoms with Crippen LogP contribution < -0.4 is 15.8 Å². The normalized spacial score (nSPS) is 11.0. The van der Waals surface area contributed by atoms with Crippen molar-refractivity contribution >= 4 is 11.8 Å². The number of hydrogen-bond acceptors (Lipinski definition) is 6. The van der Waals surface area contributed by atoms with Crippen LogP contribution in [0.3, 0.4) is 0 Å². The molecule has 1 aromatic heterocycles. The number of carbonyl (C=O) groups excluding carboxylic acids is 1. The molecular formula is C20H29N3O3. The zero-order valence-corrected chi connectivity index (χ0v) is 16.0. The Labute approximate surface area is 155 Å². The largest absolute Gasteiger partial charge is 0.493 e. The van der Waals surface area contributed by atoms with Crippen molar-refractivity contribution in [2.24, 2.45) is 5.73 Å². The third-order valence-corrected chi connectivity index (χ3v) is 3.57. The van der Waals surface area contributed by atoms with E-state index < -0.39 is 12.0 Å². The minimum atomic E-state index is -0.646. The predicted octanol–water partition coefficient (Wildman–Crippen LogP) is 2.81. The first kappa shape index (κ1) is 21.4. The number of nitrogens with two attached hydrogens (primary N) is 1. The Morgan fingerprint density at radius 3 is 2.50 bits per heavy atom. The van der Waals surface area contributed by atoms with Crippen LogP contribution in [-0.4, -0.2) is 37.8 Å². The first-order valence-electron chi connectivity index (χ1n) is 8.81. The number of pyridine rings is 1. The van der Waals surface area contributed by atoms with Gasteiger partial charge in [0.25, 0.3) is 0 Å². The van der Waals surface area contributed by atoms with Gasteiger partial charge in [0.05, 0.1) is 13.7 Å². The maximum absolute atomic E-state index is 11.3. The van der Waals surface area contributed by atoms with Crippen LogP contribution >= 0.6 is 0 Å². The Morgan fingerprint density at radius 1 is 1.19 bits per heavy atom. The van der Waals surface area contributed by atoms with Crippen molar-refractivity contribution in [1.82, 2.24) is 4.98 Å². The molecule has 0 bridgehead atoms.